The molecule has 1 fully saturated rings. The fraction of sp³-hybridized carbons (Fsp3) is 0.316. The number of benzene rings is 2. The van der Waals surface area contributed by atoms with Gasteiger partial charge in [-0.25, -0.2) is 9.18 Å². The van der Waals surface area contributed by atoms with Crippen LogP contribution in [0.5, 0.6) is 11.5 Å². The van der Waals surface area contributed by atoms with Gasteiger partial charge in [0, 0.05) is 17.2 Å². The van der Waals surface area contributed by atoms with Crippen LogP contribution in [0.15, 0.2) is 36.4 Å². The third-order valence-corrected chi connectivity index (χ3v) is 4.29. The molecule has 0 unspecified atom stereocenters. The number of rotatable bonds is 5. The van der Waals surface area contributed by atoms with Crippen molar-refractivity contribution in [3.8, 4) is 22.6 Å². The highest BCUT2D eigenvalue weighted by Crippen LogP contribution is 2.36. The second kappa shape index (κ2) is 7.01. The Morgan fingerprint density at radius 3 is 2.52 bits per heavy atom. The van der Waals surface area contributed by atoms with E-state index < -0.39 is 11.9 Å². The minimum atomic E-state index is -0.443. The maximum Gasteiger partial charge on any atom is 0.414 e. The zero-order valence-corrected chi connectivity index (χ0v) is 14.4. The van der Waals surface area contributed by atoms with Gasteiger partial charge in [0.25, 0.3) is 0 Å². The van der Waals surface area contributed by atoms with Crippen LogP contribution < -0.4 is 14.4 Å². The van der Waals surface area contributed by atoms with Gasteiger partial charge in [0.1, 0.15) is 23.4 Å². The summed E-state index contributed by atoms with van der Waals surface area (Å²) in [6, 6.07) is 9.88. The van der Waals surface area contributed by atoms with Crippen LogP contribution in [0.1, 0.15) is 13.3 Å². The monoisotopic (exact) mass is 345 g/mol. The predicted molar refractivity (Wildman–Crippen MR) is 92.8 cm³/mol. The third kappa shape index (κ3) is 3.24. The molecule has 1 saturated heterocycles. The molecule has 25 heavy (non-hydrogen) atoms. The van der Waals surface area contributed by atoms with Gasteiger partial charge in [0.2, 0.25) is 0 Å². The van der Waals surface area contributed by atoms with Crippen molar-refractivity contribution in [2.45, 2.75) is 19.4 Å². The highest BCUT2D eigenvalue weighted by atomic mass is 19.1. The lowest BCUT2D eigenvalue weighted by atomic mass is 10.0. The van der Waals surface area contributed by atoms with Crippen molar-refractivity contribution in [3.05, 3.63) is 42.2 Å². The average Bonchev–Trinajstić information content (AvgIpc) is 3.02. The molecule has 0 aromatic heterocycles. The lowest BCUT2D eigenvalue weighted by molar-refractivity contribution is 0.139. The minimum absolute atomic E-state index is 0.156. The zero-order valence-electron chi connectivity index (χ0n) is 14.4. The van der Waals surface area contributed by atoms with Crippen molar-refractivity contribution in [3.63, 3.8) is 0 Å². The fourth-order valence-corrected chi connectivity index (χ4v) is 2.86. The van der Waals surface area contributed by atoms with Crippen LogP contribution in [0.4, 0.5) is 14.9 Å². The molecule has 5 nitrogen and oxygen atoms in total. The largest absolute Gasteiger partial charge is 0.497 e. The summed E-state index contributed by atoms with van der Waals surface area (Å²) in [6.07, 6.45) is 0.129. The number of hydrogen-bond acceptors (Lipinski definition) is 4. The summed E-state index contributed by atoms with van der Waals surface area (Å²) in [4.78, 5) is 13.4. The average molecular weight is 345 g/mol. The molecule has 1 atom stereocenters. The topological polar surface area (TPSA) is 48.0 Å². The summed E-state index contributed by atoms with van der Waals surface area (Å²) in [5.74, 6) is 0.703. The molecule has 132 valence electrons. The van der Waals surface area contributed by atoms with Crippen molar-refractivity contribution in [1.82, 2.24) is 0 Å². The number of carbonyl (C=O) groups is 1. The molecule has 2 aromatic rings. The molecular weight excluding hydrogens is 325 g/mol. The van der Waals surface area contributed by atoms with E-state index in [2.05, 4.69) is 0 Å². The first kappa shape index (κ1) is 17.1. The molecule has 0 spiro atoms. The second-order valence-electron chi connectivity index (χ2n) is 5.75. The maximum absolute atomic E-state index is 14.7. The van der Waals surface area contributed by atoms with E-state index in [0.29, 0.717) is 34.9 Å². The Hall–Kier alpha value is -2.76. The quantitative estimate of drug-likeness (QED) is 0.813. The molecule has 0 bridgehead atoms. The normalized spacial score (nSPS) is 16.7. The van der Waals surface area contributed by atoms with E-state index in [1.807, 2.05) is 6.92 Å². The standard InChI is InChI=1S/C19H20FNO4/c1-4-13-11-21(19(22)25-13)12-5-7-15(17(20)9-12)16-8-6-14(23-2)10-18(16)24-3/h5-10,13H,4,11H2,1-3H3/t13-/m0/s1. The number of nitrogens with zero attached hydrogens (tertiary/aromatic N) is 1. The lowest BCUT2D eigenvalue weighted by Gasteiger charge is -2.15. The van der Waals surface area contributed by atoms with Gasteiger partial charge in [-0.15, -0.1) is 0 Å². The van der Waals surface area contributed by atoms with Gasteiger partial charge in [0.05, 0.1) is 26.5 Å². The van der Waals surface area contributed by atoms with E-state index >= 15 is 0 Å². The van der Waals surface area contributed by atoms with Crippen molar-refractivity contribution < 1.29 is 23.4 Å². The van der Waals surface area contributed by atoms with E-state index in [4.69, 9.17) is 14.2 Å². The van der Waals surface area contributed by atoms with Gasteiger partial charge in [-0.2, -0.15) is 0 Å². The van der Waals surface area contributed by atoms with Crippen LogP contribution >= 0.6 is 0 Å². The summed E-state index contributed by atoms with van der Waals surface area (Å²) < 4.78 is 30.5. The molecule has 0 N–H and O–H groups in total. The second-order valence-corrected chi connectivity index (χ2v) is 5.75. The fourth-order valence-electron chi connectivity index (χ4n) is 2.86. The van der Waals surface area contributed by atoms with Crippen LogP contribution in [0, 0.1) is 5.82 Å². The number of amides is 1. The molecule has 1 heterocycles. The van der Waals surface area contributed by atoms with E-state index in [0.717, 1.165) is 6.42 Å². The first-order valence-electron chi connectivity index (χ1n) is 8.07. The van der Waals surface area contributed by atoms with Gasteiger partial charge in [-0.3, -0.25) is 4.90 Å². The van der Waals surface area contributed by atoms with E-state index in [9.17, 15) is 9.18 Å². The number of ether oxygens (including phenoxy) is 3. The van der Waals surface area contributed by atoms with Crippen molar-refractivity contribution in [1.29, 1.82) is 0 Å². The molecule has 0 saturated carbocycles. The van der Waals surface area contributed by atoms with Crippen molar-refractivity contribution in [2.24, 2.45) is 0 Å². The zero-order chi connectivity index (χ0) is 18.0. The maximum atomic E-state index is 14.7. The molecule has 1 aliphatic heterocycles. The van der Waals surface area contributed by atoms with Crippen LogP contribution in [-0.2, 0) is 4.74 Å². The Morgan fingerprint density at radius 2 is 1.92 bits per heavy atom. The van der Waals surface area contributed by atoms with Gasteiger partial charge >= 0.3 is 6.09 Å². The Labute approximate surface area is 145 Å². The Balaban J connectivity index is 1.94. The highest BCUT2D eigenvalue weighted by molar-refractivity contribution is 5.90. The molecule has 6 heteroatoms. The third-order valence-electron chi connectivity index (χ3n) is 4.29. The SMILES string of the molecule is CC[C@H]1CN(c2ccc(-c3ccc(OC)cc3OC)c(F)c2)C(=O)O1. The molecule has 0 radical (unpaired) electrons. The Kier molecular flexibility index (Phi) is 4.79. The molecule has 1 aliphatic rings. The summed E-state index contributed by atoms with van der Waals surface area (Å²) >= 11 is 0. The molecule has 3 rings (SSSR count). The summed E-state index contributed by atoms with van der Waals surface area (Å²) in [5, 5.41) is 0. The number of hydrogen-bond donors (Lipinski definition) is 0. The predicted octanol–water partition coefficient (Wildman–Crippen LogP) is 4.25. The van der Waals surface area contributed by atoms with Crippen LogP contribution in [0.3, 0.4) is 0 Å². The first-order chi connectivity index (χ1) is 12.1. The summed E-state index contributed by atoms with van der Waals surface area (Å²) in [6.45, 7) is 2.38. The first-order valence-corrected chi connectivity index (χ1v) is 8.07. The van der Waals surface area contributed by atoms with Gasteiger partial charge in [-0.1, -0.05) is 6.92 Å². The van der Waals surface area contributed by atoms with Gasteiger partial charge in [0.15, 0.2) is 0 Å². The van der Waals surface area contributed by atoms with Gasteiger partial charge in [-0.05, 0) is 36.8 Å². The number of halogens is 1. The summed E-state index contributed by atoms with van der Waals surface area (Å²) in [7, 11) is 3.08. The molecule has 2 aromatic carbocycles. The molecular formula is C19H20FNO4. The number of methoxy groups -OCH3 is 2. The molecule has 1 amide bonds. The van der Waals surface area contributed by atoms with Crippen LogP contribution in [0.25, 0.3) is 11.1 Å². The number of carbonyl (C=O) groups excluding carboxylic acids is 1. The highest BCUT2D eigenvalue weighted by Gasteiger charge is 2.31. The van der Waals surface area contributed by atoms with E-state index in [1.165, 1.54) is 18.1 Å². The number of anilines is 1. The lowest BCUT2D eigenvalue weighted by Crippen LogP contribution is -2.24. The Morgan fingerprint density at radius 1 is 1.16 bits per heavy atom. The van der Waals surface area contributed by atoms with Crippen molar-refractivity contribution >= 4 is 11.8 Å². The van der Waals surface area contributed by atoms with E-state index in [1.54, 1.807) is 37.4 Å². The van der Waals surface area contributed by atoms with E-state index in [-0.39, 0.29) is 6.10 Å². The van der Waals surface area contributed by atoms with Gasteiger partial charge < -0.3 is 14.2 Å². The van der Waals surface area contributed by atoms with Crippen molar-refractivity contribution in [2.75, 3.05) is 25.7 Å². The Bertz CT molecular complexity index is 793. The van der Waals surface area contributed by atoms with Crippen LogP contribution in [0.2, 0.25) is 0 Å². The smallest absolute Gasteiger partial charge is 0.414 e. The van der Waals surface area contributed by atoms with Crippen LogP contribution in [-0.4, -0.2) is 33.0 Å². The number of cyclic esters (lactones) is 1. The minimum Gasteiger partial charge on any atom is -0.497 e. The molecule has 0 aliphatic carbocycles. The summed E-state index contributed by atoms with van der Waals surface area (Å²) in [5.41, 5.74) is 1.49.